The molecule has 1 aromatic rings. The second kappa shape index (κ2) is 3.14. The fourth-order valence-electron chi connectivity index (χ4n) is 2.50. The van der Waals surface area contributed by atoms with Gasteiger partial charge in [0.15, 0.2) is 0 Å². The number of hydrogen-bond donors (Lipinski definition) is 1. The van der Waals surface area contributed by atoms with Gasteiger partial charge in [0.2, 0.25) is 0 Å². The van der Waals surface area contributed by atoms with Crippen molar-refractivity contribution in [1.29, 1.82) is 0 Å². The van der Waals surface area contributed by atoms with E-state index < -0.39 is 5.60 Å². The van der Waals surface area contributed by atoms with Crippen LogP contribution in [-0.4, -0.2) is 11.7 Å². The molecule has 3 rings (SSSR count). The maximum absolute atomic E-state index is 10.7. The smallest absolute Gasteiger partial charge is 0.149 e. The summed E-state index contributed by atoms with van der Waals surface area (Å²) in [5.41, 5.74) is -0.0428. The van der Waals surface area contributed by atoms with E-state index >= 15 is 0 Å². The number of aliphatic hydroxyl groups is 1. The van der Waals surface area contributed by atoms with Crippen LogP contribution in [0, 0.1) is 0 Å². The van der Waals surface area contributed by atoms with Crippen molar-refractivity contribution in [1.82, 2.24) is 0 Å². The quantitative estimate of drug-likeness (QED) is 0.765. The van der Waals surface area contributed by atoms with Crippen LogP contribution < -0.4 is 0 Å². The molecule has 1 N–H and O–H groups in total. The van der Waals surface area contributed by atoms with E-state index in [1.165, 1.54) is 0 Å². The van der Waals surface area contributed by atoms with Crippen LogP contribution >= 0.6 is 0 Å². The Morgan fingerprint density at radius 2 is 2.33 bits per heavy atom. The summed E-state index contributed by atoms with van der Waals surface area (Å²) in [5.74, 6) is 1.62. The van der Waals surface area contributed by atoms with Crippen molar-refractivity contribution in [3.05, 3.63) is 35.5 Å². The number of ether oxygens (including phenoxy) is 1. The van der Waals surface area contributed by atoms with Crippen molar-refractivity contribution < 1.29 is 14.3 Å². The molecule has 0 aromatic carbocycles. The van der Waals surface area contributed by atoms with Gasteiger partial charge in [-0.3, -0.25) is 0 Å². The highest BCUT2D eigenvalue weighted by atomic mass is 16.5. The molecular weight excluding hydrogens is 192 g/mol. The number of aryl methyl sites for hydroxylation is 1. The molecule has 1 atom stereocenters. The summed E-state index contributed by atoms with van der Waals surface area (Å²) in [4.78, 5) is 0. The number of furan rings is 1. The van der Waals surface area contributed by atoms with E-state index in [0.29, 0.717) is 12.4 Å². The van der Waals surface area contributed by atoms with Crippen LogP contribution in [0.15, 0.2) is 28.6 Å². The molecule has 1 aliphatic carbocycles. The topological polar surface area (TPSA) is 42.6 Å². The van der Waals surface area contributed by atoms with Crippen LogP contribution in [0.5, 0.6) is 0 Å². The molecule has 3 nitrogen and oxygen atoms in total. The van der Waals surface area contributed by atoms with Gasteiger partial charge in [0, 0.05) is 18.4 Å². The third kappa shape index (κ3) is 1.23. The third-order valence-electron chi connectivity index (χ3n) is 3.25. The van der Waals surface area contributed by atoms with E-state index in [9.17, 15) is 5.11 Å². The lowest BCUT2D eigenvalue weighted by atomic mass is 9.81. The molecule has 80 valence electrons. The maximum atomic E-state index is 10.7. The summed E-state index contributed by atoms with van der Waals surface area (Å²) in [7, 11) is 0. The Kier molecular flexibility index (Phi) is 1.89. The number of fused-ring (bicyclic) bond motifs is 1. The van der Waals surface area contributed by atoms with Gasteiger partial charge in [0.05, 0.1) is 12.9 Å². The Balaban J connectivity index is 2.06. The second-order valence-electron chi connectivity index (χ2n) is 4.18. The molecule has 1 aliphatic heterocycles. The van der Waals surface area contributed by atoms with Gasteiger partial charge in [-0.25, -0.2) is 0 Å². The monoisotopic (exact) mass is 206 g/mol. The molecule has 0 saturated carbocycles. The van der Waals surface area contributed by atoms with Crippen LogP contribution in [-0.2, 0) is 16.8 Å². The second-order valence-corrected chi connectivity index (χ2v) is 4.18. The van der Waals surface area contributed by atoms with E-state index in [0.717, 1.165) is 37.0 Å². The predicted molar refractivity (Wildman–Crippen MR) is 54.2 cm³/mol. The number of hydrogen-bond acceptors (Lipinski definition) is 3. The SMILES string of the molecule is OC1(C2=CCCO2)CCCc2occc21. The first-order valence-corrected chi connectivity index (χ1v) is 5.43. The highest BCUT2D eigenvalue weighted by Crippen LogP contribution is 2.42. The third-order valence-corrected chi connectivity index (χ3v) is 3.25. The Morgan fingerprint density at radius 3 is 3.13 bits per heavy atom. The lowest BCUT2D eigenvalue weighted by molar-refractivity contribution is -0.000228. The van der Waals surface area contributed by atoms with E-state index in [1.807, 2.05) is 12.1 Å². The molecule has 0 amide bonds. The fourth-order valence-corrected chi connectivity index (χ4v) is 2.50. The first-order chi connectivity index (χ1) is 7.31. The van der Waals surface area contributed by atoms with Gasteiger partial charge in [-0.05, 0) is 25.0 Å². The zero-order chi connectivity index (χ0) is 10.3. The summed E-state index contributed by atoms with van der Waals surface area (Å²) in [5, 5.41) is 10.7. The van der Waals surface area contributed by atoms with Crippen LogP contribution in [0.4, 0.5) is 0 Å². The largest absolute Gasteiger partial charge is 0.494 e. The van der Waals surface area contributed by atoms with Gasteiger partial charge >= 0.3 is 0 Å². The fraction of sp³-hybridized carbons (Fsp3) is 0.500. The van der Waals surface area contributed by atoms with E-state index in [4.69, 9.17) is 9.15 Å². The Bertz CT molecular complexity index is 405. The molecule has 2 heterocycles. The molecule has 1 aromatic heterocycles. The average Bonchev–Trinajstić information content (AvgIpc) is 2.89. The molecule has 15 heavy (non-hydrogen) atoms. The van der Waals surface area contributed by atoms with Crippen LogP contribution in [0.2, 0.25) is 0 Å². The summed E-state index contributed by atoms with van der Waals surface area (Å²) >= 11 is 0. The van der Waals surface area contributed by atoms with Crippen molar-refractivity contribution in [2.45, 2.75) is 31.3 Å². The minimum absolute atomic E-state index is 0.685. The molecule has 2 aliphatic rings. The molecule has 3 heteroatoms. The van der Waals surface area contributed by atoms with Crippen molar-refractivity contribution in [3.8, 4) is 0 Å². The Labute approximate surface area is 88.4 Å². The van der Waals surface area contributed by atoms with E-state index in [2.05, 4.69) is 0 Å². The van der Waals surface area contributed by atoms with Crippen molar-refractivity contribution in [2.24, 2.45) is 0 Å². The summed E-state index contributed by atoms with van der Waals surface area (Å²) in [6.45, 7) is 0.685. The highest BCUT2D eigenvalue weighted by Gasteiger charge is 2.41. The number of rotatable bonds is 1. The standard InChI is InChI=1S/C12H14O3/c13-12(11-4-2-7-15-11)6-1-3-10-9(12)5-8-14-10/h4-5,8,13H,1-3,6-7H2. The first kappa shape index (κ1) is 9.04. The Hall–Kier alpha value is -1.22. The van der Waals surface area contributed by atoms with Gasteiger partial charge in [-0.2, -0.15) is 0 Å². The van der Waals surface area contributed by atoms with Crippen molar-refractivity contribution in [2.75, 3.05) is 6.61 Å². The predicted octanol–water partition coefficient (Wildman–Crippen LogP) is 2.11. The molecule has 0 fully saturated rings. The summed E-state index contributed by atoms with van der Waals surface area (Å²) in [6, 6.07) is 1.86. The molecule has 0 bridgehead atoms. The first-order valence-electron chi connectivity index (χ1n) is 5.43. The van der Waals surface area contributed by atoms with Crippen molar-refractivity contribution in [3.63, 3.8) is 0 Å². The van der Waals surface area contributed by atoms with Crippen LogP contribution in [0.1, 0.15) is 30.6 Å². The van der Waals surface area contributed by atoms with Gasteiger partial charge in [0.25, 0.3) is 0 Å². The molecule has 0 radical (unpaired) electrons. The Morgan fingerprint density at radius 1 is 1.40 bits per heavy atom. The minimum atomic E-state index is -0.933. The molecular formula is C12H14O3. The molecule has 1 unspecified atom stereocenters. The van der Waals surface area contributed by atoms with Crippen molar-refractivity contribution >= 4 is 0 Å². The van der Waals surface area contributed by atoms with Crippen LogP contribution in [0.25, 0.3) is 0 Å². The maximum Gasteiger partial charge on any atom is 0.149 e. The molecule has 0 saturated heterocycles. The average molecular weight is 206 g/mol. The van der Waals surface area contributed by atoms with Gasteiger partial charge < -0.3 is 14.3 Å². The summed E-state index contributed by atoms with van der Waals surface area (Å²) < 4.78 is 10.9. The van der Waals surface area contributed by atoms with Crippen LogP contribution in [0.3, 0.4) is 0 Å². The zero-order valence-electron chi connectivity index (χ0n) is 8.53. The van der Waals surface area contributed by atoms with Gasteiger partial charge in [-0.1, -0.05) is 0 Å². The van der Waals surface area contributed by atoms with Gasteiger partial charge in [-0.15, -0.1) is 0 Å². The lowest BCUT2D eigenvalue weighted by Gasteiger charge is -2.32. The normalized spacial score (nSPS) is 29.5. The lowest BCUT2D eigenvalue weighted by Crippen LogP contribution is -2.32. The highest BCUT2D eigenvalue weighted by molar-refractivity contribution is 5.35. The van der Waals surface area contributed by atoms with E-state index in [1.54, 1.807) is 6.26 Å². The summed E-state index contributed by atoms with van der Waals surface area (Å²) in [6.07, 6.45) is 7.12. The molecule has 0 spiro atoms. The zero-order valence-corrected chi connectivity index (χ0v) is 8.53. The van der Waals surface area contributed by atoms with Gasteiger partial charge in [0.1, 0.15) is 17.1 Å². The van der Waals surface area contributed by atoms with E-state index in [-0.39, 0.29) is 0 Å². The minimum Gasteiger partial charge on any atom is -0.494 e.